The largest absolute Gasteiger partial charge is 0.457 e. The standard InChI is InChI=1S/C35H39NO3Si/c1-35(2,3)33(39-40(30-20-12-6-13-21-30)31-22-14-7-15-23-31)32-24-29(38-34(37)28-18-10-5-11-19-28)26-36(32)25-27-16-8-4-9-17-27/h4-23,29,32-33,40H,24-26H2,1-3H3/t29-,32-,33?/m0/s1. The van der Waals surface area contributed by atoms with Gasteiger partial charge in [-0.3, -0.25) is 4.90 Å². The number of hydrogen-bond acceptors (Lipinski definition) is 4. The highest BCUT2D eigenvalue weighted by Crippen LogP contribution is 2.35. The average Bonchev–Trinajstić information content (AvgIpc) is 3.35. The van der Waals surface area contributed by atoms with Crippen LogP contribution in [-0.2, 0) is 15.7 Å². The van der Waals surface area contributed by atoms with Crippen molar-refractivity contribution in [3.8, 4) is 0 Å². The summed E-state index contributed by atoms with van der Waals surface area (Å²) in [5, 5.41) is 2.53. The lowest BCUT2D eigenvalue weighted by Gasteiger charge is -2.41. The summed E-state index contributed by atoms with van der Waals surface area (Å²) in [5.41, 5.74) is 1.70. The van der Waals surface area contributed by atoms with E-state index in [0.29, 0.717) is 12.1 Å². The fourth-order valence-corrected chi connectivity index (χ4v) is 8.43. The fraction of sp³-hybridized carbons (Fsp3) is 0.286. The summed E-state index contributed by atoms with van der Waals surface area (Å²) in [6.45, 7) is 8.26. The van der Waals surface area contributed by atoms with Gasteiger partial charge in [-0.2, -0.15) is 0 Å². The van der Waals surface area contributed by atoms with Gasteiger partial charge in [0.05, 0.1) is 11.7 Å². The van der Waals surface area contributed by atoms with Crippen LogP contribution in [0, 0.1) is 5.41 Å². The molecule has 40 heavy (non-hydrogen) atoms. The summed E-state index contributed by atoms with van der Waals surface area (Å²) < 4.78 is 13.4. The molecular weight excluding hydrogens is 510 g/mol. The Morgan fingerprint density at radius 1 is 0.800 bits per heavy atom. The van der Waals surface area contributed by atoms with E-state index >= 15 is 0 Å². The topological polar surface area (TPSA) is 38.8 Å². The highest BCUT2D eigenvalue weighted by molar-refractivity contribution is 6.80. The maximum absolute atomic E-state index is 13.0. The van der Waals surface area contributed by atoms with Crippen molar-refractivity contribution in [3.05, 3.63) is 132 Å². The zero-order valence-electron chi connectivity index (χ0n) is 23.6. The van der Waals surface area contributed by atoms with Gasteiger partial charge in [0, 0.05) is 25.6 Å². The molecule has 0 aliphatic carbocycles. The summed E-state index contributed by atoms with van der Waals surface area (Å²) in [6.07, 6.45) is 0.468. The van der Waals surface area contributed by atoms with E-state index in [9.17, 15) is 4.79 Å². The monoisotopic (exact) mass is 549 g/mol. The first-order valence-electron chi connectivity index (χ1n) is 14.2. The zero-order valence-corrected chi connectivity index (χ0v) is 24.8. The molecule has 1 fully saturated rings. The van der Waals surface area contributed by atoms with Crippen molar-refractivity contribution >= 4 is 25.4 Å². The quantitative estimate of drug-likeness (QED) is 0.205. The third-order valence-corrected chi connectivity index (χ3v) is 10.2. The number of nitrogens with zero attached hydrogens (tertiary/aromatic N) is 1. The minimum Gasteiger partial charge on any atom is -0.457 e. The second-order valence-electron chi connectivity index (χ2n) is 11.7. The molecule has 4 aromatic carbocycles. The van der Waals surface area contributed by atoms with Crippen molar-refractivity contribution in [3.63, 3.8) is 0 Å². The molecule has 5 heteroatoms. The van der Waals surface area contributed by atoms with Crippen LogP contribution in [0.4, 0.5) is 0 Å². The van der Waals surface area contributed by atoms with Crippen LogP contribution < -0.4 is 10.4 Å². The summed E-state index contributed by atoms with van der Waals surface area (Å²) in [4.78, 5) is 15.5. The first-order chi connectivity index (χ1) is 19.4. The number of esters is 1. The molecule has 1 aliphatic rings. The van der Waals surface area contributed by atoms with Crippen molar-refractivity contribution in [1.82, 2.24) is 4.90 Å². The molecule has 0 saturated carbocycles. The SMILES string of the molecule is CC(C)(C)C(O[SiH](c1ccccc1)c1ccccc1)[C@@H]1C[C@H](OC(=O)c2ccccc2)CN1Cc1ccccc1. The third kappa shape index (κ3) is 6.97. The summed E-state index contributed by atoms with van der Waals surface area (Å²) in [5.74, 6) is -0.264. The van der Waals surface area contributed by atoms with Crippen molar-refractivity contribution < 1.29 is 14.0 Å². The molecule has 3 atom stereocenters. The first kappa shape index (κ1) is 28.0. The van der Waals surface area contributed by atoms with Crippen molar-refractivity contribution in [2.75, 3.05) is 6.54 Å². The highest BCUT2D eigenvalue weighted by Gasteiger charge is 2.45. The number of carbonyl (C=O) groups excluding carboxylic acids is 1. The molecule has 5 rings (SSSR count). The molecule has 1 unspecified atom stereocenters. The second kappa shape index (κ2) is 12.8. The van der Waals surface area contributed by atoms with Crippen LogP contribution in [0.1, 0.15) is 43.1 Å². The lowest BCUT2D eigenvalue weighted by Crippen LogP contribution is -2.55. The Morgan fingerprint density at radius 3 is 1.82 bits per heavy atom. The van der Waals surface area contributed by atoms with E-state index in [1.165, 1.54) is 15.9 Å². The van der Waals surface area contributed by atoms with Gasteiger partial charge in [0.2, 0.25) is 9.04 Å². The summed E-state index contributed by atoms with van der Waals surface area (Å²) in [6, 6.07) is 41.2. The van der Waals surface area contributed by atoms with Gasteiger partial charge in [-0.05, 0) is 33.5 Å². The average molecular weight is 550 g/mol. The Morgan fingerprint density at radius 2 is 1.30 bits per heavy atom. The highest BCUT2D eigenvalue weighted by atomic mass is 28.3. The zero-order chi connectivity index (χ0) is 28.0. The molecule has 4 nitrogen and oxygen atoms in total. The molecule has 0 spiro atoms. The molecule has 0 amide bonds. The molecule has 0 radical (unpaired) electrons. The van der Waals surface area contributed by atoms with Gasteiger partial charge in [0.1, 0.15) is 6.10 Å². The van der Waals surface area contributed by atoms with Crippen molar-refractivity contribution in [1.29, 1.82) is 0 Å². The van der Waals surface area contributed by atoms with Crippen molar-refractivity contribution in [2.24, 2.45) is 5.41 Å². The molecule has 1 aliphatic heterocycles. The molecule has 0 aromatic heterocycles. The Labute approximate surface area is 240 Å². The van der Waals surface area contributed by atoms with E-state index in [1.807, 2.05) is 36.4 Å². The van der Waals surface area contributed by atoms with Gasteiger partial charge < -0.3 is 9.16 Å². The molecule has 206 valence electrons. The van der Waals surface area contributed by atoms with Gasteiger partial charge in [0.25, 0.3) is 0 Å². The second-order valence-corrected chi connectivity index (χ2v) is 14.1. The summed E-state index contributed by atoms with van der Waals surface area (Å²) in [7, 11) is -2.01. The van der Waals surface area contributed by atoms with Crippen LogP contribution in [0.2, 0.25) is 0 Å². The van der Waals surface area contributed by atoms with Crippen LogP contribution in [0.3, 0.4) is 0 Å². The predicted molar refractivity (Wildman–Crippen MR) is 165 cm³/mol. The lowest BCUT2D eigenvalue weighted by atomic mass is 9.83. The molecular formula is C35H39NO3Si. The number of rotatable bonds is 9. The molecule has 4 aromatic rings. The van der Waals surface area contributed by atoms with E-state index < -0.39 is 9.04 Å². The number of hydrogen-bond donors (Lipinski definition) is 0. The molecule has 0 bridgehead atoms. The van der Waals surface area contributed by atoms with Gasteiger partial charge in [0.15, 0.2) is 0 Å². The number of benzene rings is 4. The van der Waals surface area contributed by atoms with E-state index in [2.05, 4.69) is 111 Å². The number of likely N-dealkylation sites (tertiary alicyclic amines) is 1. The summed E-state index contributed by atoms with van der Waals surface area (Å²) >= 11 is 0. The fourth-order valence-electron chi connectivity index (χ4n) is 5.71. The maximum atomic E-state index is 13.0. The smallest absolute Gasteiger partial charge is 0.338 e. The van der Waals surface area contributed by atoms with E-state index in [4.69, 9.17) is 9.16 Å². The van der Waals surface area contributed by atoms with Crippen LogP contribution in [0.25, 0.3) is 0 Å². The normalized spacial score (nSPS) is 18.5. The minimum absolute atomic E-state index is 0.0614. The minimum atomic E-state index is -2.01. The van der Waals surface area contributed by atoms with Gasteiger partial charge in [-0.15, -0.1) is 0 Å². The van der Waals surface area contributed by atoms with E-state index in [1.54, 1.807) is 0 Å². The van der Waals surface area contributed by atoms with Gasteiger partial charge >= 0.3 is 5.97 Å². The molecule has 0 N–H and O–H groups in total. The van der Waals surface area contributed by atoms with Gasteiger partial charge in [-0.1, -0.05) is 130 Å². The van der Waals surface area contributed by atoms with E-state index in [0.717, 1.165) is 13.0 Å². The lowest BCUT2D eigenvalue weighted by molar-refractivity contribution is 0.0126. The molecule has 1 heterocycles. The van der Waals surface area contributed by atoms with Crippen LogP contribution in [0.5, 0.6) is 0 Å². The van der Waals surface area contributed by atoms with Crippen molar-refractivity contribution in [2.45, 2.75) is 52.0 Å². The Hall–Kier alpha value is -3.51. The van der Waals surface area contributed by atoms with Gasteiger partial charge in [-0.25, -0.2) is 4.79 Å². The van der Waals surface area contributed by atoms with Crippen LogP contribution in [0.15, 0.2) is 121 Å². The number of ether oxygens (including phenoxy) is 1. The maximum Gasteiger partial charge on any atom is 0.338 e. The Kier molecular flexibility index (Phi) is 8.95. The predicted octanol–water partition coefficient (Wildman–Crippen LogP) is 5.46. The third-order valence-electron chi connectivity index (χ3n) is 7.61. The van der Waals surface area contributed by atoms with Crippen LogP contribution in [-0.4, -0.2) is 44.7 Å². The van der Waals surface area contributed by atoms with Crippen LogP contribution >= 0.6 is 0 Å². The molecule has 1 saturated heterocycles. The Balaban J connectivity index is 1.46. The first-order valence-corrected chi connectivity index (χ1v) is 15.8. The Bertz CT molecular complexity index is 1300. The number of carbonyl (C=O) groups is 1. The van der Waals surface area contributed by atoms with E-state index in [-0.39, 0.29) is 29.6 Å².